The molecule has 2 aromatic carbocycles. The van der Waals surface area contributed by atoms with E-state index < -0.39 is 4.92 Å². The smallest absolute Gasteiger partial charge is 0.272 e. The summed E-state index contributed by atoms with van der Waals surface area (Å²) in [7, 11) is 0. The Bertz CT molecular complexity index is 948. The zero-order chi connectivity index (χ0) is 21.8. The normalized spacial score (nSPS) is 14.0. The summed E-state index contributed by atoms with van der Waals surface area (Å²) >= 11 is 0. The number of piperazine rings is 1. The molecule has 1 fully saturated rings. The molecule has 0 saturated carbocycles. The third-order valence-corrected chi connectivity index (χ3v) is 5.23. The summed E-state index contributed by atoms with van der Waals surface area (Å²) in [5.74, 6) is -0.116. The van der Waals surface area contributed by atoms with E-state index in [1.54, 1.807) is 6.92 Å². The average Bonchev–Trinajstić information content (AvgIpc) is 2.73. The fourth-order valence-corrected chi connectivity index (χ4v) is 3.51. The number of hydrogen-bond donors (Lipinski definition) is 1. The molecule has 1 N–H and O–H groups in total. The SMILES string of the molecule is Cc1cc(C(=O)Nc2ccc(N3CCN(C(=O)C(C)C)CC3)cc2)ccc1[N+](=O)[O-]. The van der Waals surface area contributed by atoms with Crippen LogP contribution >= 0.6 is 0 Å². The monoisotopic (exact) mass is 410 g/mol. The molecule has 1 heterocycles. The predicted octanol–water partition coefficient (Wildman–Crippen LogP) is 3.46. The molecule has 1 saturated heterocycles. The van der Waals surface area contributed by atoms with Gasteiger partial charge in [-0.25, -0.2) is 0 Å². The summed E-state index contributed by atoms with van der Waals surface area (Å²) in [5.41, 5.74) is 2.49. The van der Waals surface area contributed by atoms with Crippen molar-refractivity contribution >= 4 is 28.9 Å². The Labute approximate surface area is 175 Å². The van der Waals surface area contributed by atoms with Crippen molar-refractivity contribution in [2.75, 3.05) is 36.4 Å². The number of carbonyl (C=O) groups is 2. The standard InChI is InChI=1S/C22H26N4O4/c1-15(2)22(28)25-12-10-24(11-13-25)19-7-5-18(6-8-19)23-21(27)17-4-9-20(26(29)30)16(3)14-17/h4-9,14-15H,10-13H2,1-3H3,(H,23,27). The topological polar surface area (TPSA) is 95.8 Å². The van der Waals surface area contributed by atoms with Gasteiger partial charge in [0.15, 0.2) is 0 Å². The molecule has 158 valence electrons. The van der Waals surface area contributed by atoms with Gasteiger partial charge in [0.2, 0.25) is 5.91 Å². The average molecular weight is 410 g/mol. The van der Waals surface area contributed by atoms with Crippen LogP contribution in [0, 0.1) is 23.0 Å². The van der Waals surface area contributed by atoms with E-state index in [0.717, 1.165) is 18.8 Å². The molecule has 0 radical (unpaired) electrons. The first kappa shape index (κ1) is 21.3. The summed E-state index contributed by atoms with van der Waals surface area (Å²) < 4.78 is 0. The first-order valence-electron chi connectivity index (χ1n) is 9.96. The maximum atomic E-state index is 12.5. The molecule has 2 amide bonds. The van der Waals surface area contributed by atoms with Crippen LogP contribution in [0.1, 0.15) is 29.8 Å². The van der Waals surface area contributed by atoms with Gasteiger partial charge >= 0.3 is 0 Å². The van der Waals surface area contributed by atoms with Crippen LogP contribution < -0.4 is 10.2 Å². The quantitative estimate of drug-likeness (QED) is 0.602. The van der Waals surface area contributed by atoms with Gasteiger partial charge in [-0.3, -0.25) is 19.7 Å². The second-order valence-corrected chi connectivity index (χ2v) is 7.73. The molecule has 2 aromatic rings. The maximum Gasteiger partial charge on any atom is 0.272 e. The summed E-state index contributed by atoms with van der Waals surface area (Å²) in [6, 6.07) is 11.9. The second-order valence-electron chi connectivity index (χ2n) is 7.73. The lowest BCUT2D eigenvalue weighted by Crippen LogP contribution is -2.49. The van der Waals surface area contributed by atoms with Crippen molar-refractivity contribution in [3.63, 3.8) is 0 Å². The molecular weight excluding hydrogens is 384 g/mol. The van der Waals surface area contributed by atoms with Crippen LogP contribution in [0.4, 0.5) is 17.1 Å². The zero-order valence-electron chi connectivity index (χ0n) is 17.4. The van der Waals surface area contributed by atoms with E-state index in [4.69, 9.17) is 0 Å². The molecule has 0 spiro atoms. The Kier molecular flexibility index (Phi) is 6.34. The molecule has 3 rings (SSSR count). The second kappa shape index (κ2) is 8.94. The van der Waals surface area contributed by atoms with Crippen molar-refractivity contribution in [2.45, 2.75) is 20.8 Å². The first-order chi connectivity index (χ1) is 14.3. The molecule has 0 aliphatic carbocycles. The number of nitrogens with zero attached hydrogens (tertiary/aromatic N) is 3. The number of rotatable bonds is 5. The largest absolute Gasteiger partial charge is 0.368 e. The number of aryl methyl sites for hydroxylation is 1. The number of amides is 2. The highest BCUT2D eigenvalue weighted by Gasteiger charge is 2.23. The molecule has 1 aliphatic heterocycles. The Morgan fingerprint density at radius 3 is 2.20 bits per heavy atom. The fraction of sp³-hybridized carbons (Fsp3) is 0.364. The Balaban J connectivity index is 1.60. The van der Waals surface area contributed by atoms with Gasteiger partial charge in [-0.2, -0.15) is 0 Å². The van der Waals surface area contributed by atoms with Crippen molar-refractivity contribution < 1.29 is 14.5 Å². The van der Waals surface area contributed by atoms with E-state index in [2.05, 4.69) is 10.2 Å². The van der Waals surface area contributed by atoms with E-state index in [1.807, 2.05) is 43.0 Å². The highest BCUT2D eigenvalue weighted by molar-refractivity contribution is 6.04. The van der Waals surface area contributed by atoms with Crippen LogP contribution in [-0.2, 0) is 4.79 Å². The number of anilines is 2. The van der Waals surface area contributed by atoms with Crippen molar-refractivity contribution in [1.82, 2.24) is 4.90 Å². The van der Waals surface area contributed by atoms with Gasteiger partial charge in [-0.15, -0.1) is 0 Å². The molecule has 8 heteroatoms. The van der Waals surface area contributed by atoms with Crippen LogP contribution in [0.15, 0.2) is 42.5 Å². The van der Waals surface area contributed by atoms with E-state index >= 15 is 0 Å². The van der Waals surface area contributed by atoms with Crippen LogP contribution in [0.3, 0.4) is 0 Å². The van der Waals surface area contributed by atoms with E-state index in [0.29, 0.717) is 29.9 Å². The number of nitrogens with one attached hydrogen (secondary N) is 1. The molecular formula is C22H26N4O4. The van der Waals surface area contributed by atoms with Gasteiger partial charge in [0.1, 0.15) is 0 Å². The van der Waals surface area contributed by atoms with Crippen molar-refractivity contribution in [1.29, 1.82) is 0 Å². The summed E-state index contributed by atoms with van der Waals surface area (Å²) in [4.78, 5) is 39.1. The Morgan fingerprint density at radius 2 is 1.67 bits per heavy atom. The van der Waals surface area contributed by atoms with Crippen molar-refractivity contribution in [3.8, 4) is 0 Å². The fourth-order valence-electron chi connectivity index (χ4n) is 3.51. The van der Waals surface area contributed by atoms with Gasteiger partial charge in [0, 0.05) is 60.7 Å². The van der Waals surface area contributed by atoms with Crippen LogP contribution in [0.5, 0.6) is 0 Å². The van der Waals surface area contributed by atoms with Gasteiger partial charge in [-0.05, 0) is 43.3 Å². The summed E-state index contributed by atoms with van der Waals surface area (Å²) in [6.45, 7) is 8.39. The van der Waals surface area contributed by atoms with Crippen molar-refractivity contribution in [3.05, 3.63) is 63.7 Å². The highest BCUT2D eigenvalue weighted by atomic mass is 16.6. The molecule has 0 unspecified atom stereocenters. The van der Waals surface area contributed by atoms with Gasteiger partial charge < -0.3 is 15.1 Å². The number of nitro benzene ring substituents is 1. The third-order valence-electron chi connectivity index (χ3n) is 5.23. The lowest BCUT2D eigenvalue weighted by molar-refractivity contribution is -0.385. The number of nitro groups is 1. The predicted molar refractivity (Wildman–Crippen MR) is 116 cm³/mol. The minimum Gasteiger partial charge on any atom is -0.368 e. The van der Waals surface area contributed by atoms with E-state index in [9.17, 15) is 19.7 Å². The molecule has 0 aromatic heterocycles. The molecule has 1 aliphatic rings. The van der Waals surface area contributed by atoms with E-state index in [-0.39, 0.29) is 23.4 Å². The molecule has 30 heavy (non-hydrogen) atoms. The van der Waals surface area contributed by atoms with E-state index in [1.165, 1.54) is 18.2 Å². The maximum absolute atomic E-state index is 12.5. The Morgan fingerprint density at radius 1 is 1.03 bits per heavy atom. The molecule has 0 atom stereocenters. The number of carbonyl (C=O) groups excluding carboxylic acids is 2. The highest BCUT2D eigenvalue weighted by Crippen LogP contribution is 2.22. The minimum atomic E-state index is -0.464. The first-order valence-corrected chi connectivity index (χ1v) is 9.96. The number of benzene rings is 2. The lowest BCUT2D eigenvalue weighted by atomic mass is 10.1. The van der Waals surface area contributed by atoms with Crippen LogP contribution in [0.25, 0.3) is 0 Å². The van der Waals surface area contributed by atoms with Gasteiger partial charge in [0.25, 0.3) is 11.6 Å². The lowest BCUT2D eigenvalue weighted by Gasteiger charge is -2.37. The molecule has 0 bridgehead atoms. The number of hydrogen-bond acceptors (Lipinski definition) is 5. The molecule has 8 nitrogen and oxygen atoms in total. The minimum absolute atomic E-state index is 0.00825. The summed E-state index contributed by atoms with van der Waals surface area (Å²) in [5, 5.41) is 13.7. The van der Waals surface area contributed by atoms with Crippen LogP contribution in [0.2, 0.25) is 0 Å². The van der Waals surface area contributed by atoms with Gasteiger partial charge in [-0.1, -0.05) is 13.8 Å². The van der Waals surface area contributed by atoms with Crippen molar-refractivity contribution in [2.24, 2.45) is 5.92 Å². The Hall–Kier alpha value is -3.42. The zero-order valence-corrected chi connectivity index (χ0v) is 17.4. The van der Waals surface area contributed by atoms with Crippen LogP contribution in [-0.4, -0.2) is 47.8 Å². The third kappa shape index (κ3) is 4.76. The summed E-state index contributed by atoms with van der Waals surface area (Å²) in [6.07, 6.45) is 0. The van der Waals surface area contributed by atoms with Gasteiger partial charge in [0.05, 0.1) is 4.92 Å².